The zero-order valence-corrected chi connectivity index (χ0v) is 15.0. The molecule has 0 atom stereocenters. The molecule has 2 N–H and O–H groups in total. The van der Waals surface area contributed by atoms with Gasteiger partial charge in [0.2, 0.25) is 0 Å². The first-order valence-corrected chi connectivity index (χ1v) is 8.27. The molecule has 0 radical (unpaired) electrons. The normalized spacial score (nSPS) is 10.4. The second kappa shape index (κ2) is 7.97. The highest BCUT2D eigenvalue weighted by molar-refractivity contribution is 7.80. The molecule has 2 aromatic rings. The molecule has 2 rings (SSSR count). The average molecular weight is 332 g/mol. The standard InChI is InChI=1S/C17H24N4OS/c1-5-21-13(4)14(12(3)20-21)11-18-17(23)19-15-9-7-8-10-16(15)22-6-2/h7-10H,5-6,11H2,1-4H3,(H2,18,19,23). The van der Waals surface area contributed by atoms with E-state index in [0.717, 1.165) is 23.7 Å². The maximum atomic E-state index is 5.59. The third-order valence-corrected chi connectivity index (χ3v) is 3.94. The Morgan fingerprint density at radius 2 is 2.00 bits per heavy atom. The van der Waals surface area contributed by atoms with Gasteiger partial charge < -0.3 is 15.4 Å². The van der Waals surface area contributed by atoms with Crippen LogP contribution >= 0.6 is 12.2 Å². The quantitative estimate of drug-likeness (QED) is 0.794. The van der Waals surface area contributed by atoms with E-state index < -0.39 is 0 Å². The maximum absolute atomic E-state index is 5.59. The number of benzene rings is 1. The van der Waals surface area contributed by atoms with Gasteiger partial charge in [-0.05, 0) is 52.0 Å². The smallest absolute Gasteiger partial charge is 0.171 e. The zero-order valence-electron chi connectivity index (χ0n) is 14.1. The summed E-state index contributed by atoms with van der Waals surface area (Å²) >= 11 is 5.40. The second-order valence-corrected chi connectivity index (χ2v) is 5.61. The lowest BCUT2D eigenvalue weighted by Crippen LogP contribution is -2.28. The van der Waals surface area contributed by atoms with Gasteiger partial charge in [-0.3, -0.25) is 4.68 Å². The third kappa shape index (κ3) is 4.22. The molecule has 5 nitrogen and oxygen atoms in total. The third-order valence-electron chi connectivity index (χ3n) is 3.69. The summed E-state index contributed by atoms with van der Waals surface area (Å²) in [5, 5.41) is 11.5. The van der Waals surface area contributed by atoms with Gasteiger partial charge in [-0.25, -0.2) is 0 Å². The van der Waals surface area contributed by atoms with Gasteiger partial charge in [-0.15, -0.1) is 0 Å². The number of nitrogens with one attached hydrogen (secondary N) is 2. The van der Waals surface area contributed by atoms with E-state index in [9.17, 15) is 0 Å². The van der Waals surface area contributed by atoms with Crippen LogP contribution in [0.3, 0.4) is 0 Å². The van der Waals surface area contributed by atoms with Crippen LogP contribution in [0.1, 0.15) is 30.8 Å². The molecule has 23 heavy (non-hydrogen) atoms. The molecule has 0 bridgehead atoms. The number of rotatable bonds is 6. The van der Waals surface area contributed by atoms with Crippen LogP contribution in [0.4, 0.5) is 5.69 Å². The molecule has 0 unspecified atom stereocenters. The van der Waals surface area contributed by atoms with Crippen LogP contribution in [0, 0.1) is 13.8 Å². The minimum atomic E-state index is 0.570. The number of aryl methyl sites for hydroxylation is 2. The van der Waals surface area contributed by atoms with E-state index in [1.54, 1.807) is 0 Å². The number of ether oxygens (including phenoxy) is 1. The highest BCUT2D eigenvalue weighted by Gasteiger charge is 2.11. The monoisotopic (exact) mass is 332 g/mol. The van der Waals surface area contributed by atoms with Gasteiger partial charge >= 0.3 is 0 Å². The summed E-state index contributed by atoms with van der Waals surface area (Å²) in [6.07, 6.45) is 0. The Balaban J connectivity index is 2.00. The fraction of sp³-hybridized carbons (Fsp3) is 0.412. The average Bonchev–Trinajstić information content (AvgIpc) is 2.81. The molecular weight excluding hydrogens is 308 g/mol. The summed E-state index contributed by atoms with van der Waals surface area (Å²) in [6, 6.07) is 7.77. The first-order chi connectivity index (χ1) is 11.1. The van der Waals surface area contributed by atoms with Gasteiger partial charge in [0.05, 0.1) is 18.0 Å². The number of hydrogen-bond donors (Lipinski definition) is 2. The lowest BCUT2D eigenvalue weighted by Gasteiger charge is -2.14. The van der Waals surface area contributed by atoms with Crippen LogP contribution in [0.15, 0.2) is 24.3 Å². The first-order valence-electron chi connectivity index (χ1n) is 7.86. The van der Waals surface area contributed by atoms with E-state index in [0.29, 0.717) is 18.3 Å². The van der Waals surface area contributed by atoms with Gasteiger partial charge in [0.1, 0.15) is 5.75 Å². The van der Waals surface area contributed by atoms with Crippen LogP contribution in [0.2, 0.25) is 0 Å². The van der Waals surface area contributed by atoms with Crippen molar-refractivity contribution in [3.63, 3.8) is 0 Å². The van der Waals surface area contributed by atoms with E-state index >= 15 is 0 Å². The number of thiocarbonyl (C=S) groups is 1. The van der Waals surface area contributed by atoms with Gasteiger partial charge in [-0.2, -0.15) is 5.10 Å². The molecule has 0 fully saturated rings. The molecule has 0 saturated heterocycles. The number of para-hydroxylation sites is 2. The van der Waals surface area contributed by atoms with Crippen molar-refractivity contribution in [3.05, 3.63) is 41.2 Å². The topological polar surface area (TPSA) is 51.1 Å². The second-order valence-electron chi connectivity index (χ2n) is 5.20. The molecule has 6 heteroatoms. The Labute approximate surface area is 143 Å². The summed E-state index contributed by atoms with van der Waals surface area (Å²) in [5.41, 5.74) is 4.27. The van der Waals surface area contributed by atoms with Crippen molar-refractivity contribution in [3.8, 4) is 5.75 Å². The number of aromatic nitrogens is 2. The summed E-state index contributed by atoms with van der Waals surface area (Å²) in [4.78, 5) is 0. The SMILES string of the molecule is CCOc1ccccc1NC(=S)NCc1c(C)nn(CC)c1C. The highest BCUT2D eigenvalue weighted by atomic mass is 32.1. The van der Waals surface area contributed by atoms with Crippen molar-refractivity contribution < 1.29 is 4.74 Å². The largest absolute Gasteiger partial charge is 0.492 e. The highest BCUT2D eigenvalue weighted by Crippen LogP contribution is 2.23. The molecule has 0 aliphatic carbocycles. The fourth-order valence-electron chi connectivity index (χ4n) is 2.48. The Morgan fingerprint density at radius 3 is 2.65 bits per heavy atom. The predicted molar refractivity (Wildman–Crippen MR) is 98.0 cm³/mol. The fourth-order valence-corrected chi connectivity index (χ4v) is 2.67. The van der Waals surface area contributed by atoms with Gasteiger partial charge in [0, 0.05) is 24.3 Å². The summed E-state index contributed by atoms with van der Waals surface area (Å²) in [6.45, 7) is 10.3. The van der Waals surface area contributed by atoms with E-state index in [1.165, 1.54) is 11.3 Å². The van der Waals surface area contributed by atoms with Crippen molar-refractivity contribution in [2.75, 3.05) is 11.9 Å². The van der Waals surface area contributed by atoms with Crippen LogP contribution < -0.4 is 15.4 Å². The van der Waals surface area contributed by atoms with E-state index in [2.05, 4.69) is 29.6 Å². The van der Waals surface area contributed by atoms with Crippen LogP contribution in [0.25, 0.3) is 0 Å². The molecule has 1 heterocycles. The Kier molecular flexibility index (Phi) is 5.98. The van der Waals surface area contributed by atoms with E-state index in [1.807, 2.05) is 42.8 Å². The summed E-state index contributed by atoms with van der Waals surface area (Å²) < 4.78 is 7.60. The maximum Gasteiger partial charge on any atom is 0.171 e. The molecule has 0 spiro atoms. The number of hydrogen-bond acceptors (Lipinski definition) is 3. The van der Waals surface area contributed by atoms with Crippen molar-refractivity contribution in [1.29, 1.82) is 0 Å². The van der Waals surface area contributed by atoms with E-state index in [-0.39, 0.29) is 0 Å². The lowest BCUT2D eigenvalue weighted by atomic mass is 10.2. The van der Waals surface area contributed by atoms with Crippen molar-refractivity contribution in [2.24, 2.45) is 0 Å². The van der Waals surface area contributed by atoms with E-state index in [4.69, 9.17) is 17.0 Å². The Hall–Kier alpha value is -2.08. The van der Waals surface area contributed by atoms with Crippen LogP contribution in [-0.2, 0) is 13.1 Å². The molecule has 1 aromatic heterocycles. The number of anilines is 1. The van der Waals surface area contributed by atoms with Crippen LogP contribution in [0.5, 0.6) is 5.75 Å². The molecule has 0 amide bonds. The van der Waals surface area contributed by atoms with Crippen molar-refractivity contribution >= 4 is 23.0 Å². The van der Waals surface area contributed by atoms with Crippen LogP contribution in [-0.4, -0.2) is 21.5 Å². The summed E-state index contributed by atoms with van der Waals surface area (Å²) in [5.74, 6) is 0.797. The summed E-state index contributed by atoms with van der Waals surface area (Å²) in [7, 11) is 0. The predicted octanol–water partition coefficient (Wildman–Crippen LogP) is 3.41. The zero-order chi connectivity index (χ0) is 16.8. The molecule has 0 aliphatic rings. The minimum Gasteiger partial charge on any atom is -0.492 e. The molecular formula is C17H24N4OS. The van der Waals surface area contributed by atoms with Crippen molar-refractivity contribution in [1.82, 2.24) is 15.1 Å². The van der Waals surface area contributed by atoms with Crippen molar-refractivity contribution in [2.45, 2.75) is 40.8 Å². The Bertz CT molecular complexity index is 681. The van der Waals surface area contributed by atoms with Gasteiger partial charge in [-0.1, -0.05) is 12.1 Å². The molecule has 0 aliphatic heterocycles. The van der Waals surface area contributed by atoms with Gasteiger partial charge in [0.15, 0.2) is 5.11 Å². The minimum absolute atomic E-state index is 0.570. The molecule has 1 aromatic carbocycles. The first kappa shape index (κ1) is 17.3. The lowest BCUT2D eigenvalue weighted by molar-refractivity contribution is 0.342. The Morgan fingerprint density at radius 1 is 1.26 bits per heavy atom. The molecule has 124 valence electrons. The number of nitrogens with zero attached hydrogens (tertiary/aromatic N) is 2. The van der Waals surface area contributed by atoms with Gasteiger partial charge in [0.25, 0.3) is 0 Å². The molecule has 0 saturated carbocycles.